The van der Waals surface area contributed by atoms with Crippen molar-refractivity contribution in [3.63, 3.8) is 0 Å². The van der Waals surface area contributed by atoms with Gasteiger partial charge < -0.3 is 15.0 Å². The molecule has 2 saturated heterocycles. The molecule has 1 spiro atoms. The van der Waals surface area contributed by atoms with Gasteiger partial charge >= 0.3 is 0 Å². The third kappa shape index (κ3) is 4.12. The Morgan fingerprint density at radius 2 is 2.12 bits per heavy atom. The molecule has 0 saturated carbocycles. The van der Waals surface area contributed by atoms with E-state index in [-0.39, 0.29) is 23.5 Å². The average molecular weight is 357 g/mol. The number of hydrogen-bond acceptors (Lipinski definition) is 4. The Kier molecular flexibility index (Phi) is 5.71. The summed E-state index contributed by atoms with van der Waals surface area (Å²) in [5.41, 5.74) is 1.08. The van der Waals surface area contributed by atoms with Crippen molar-refractivity contribution >= 4 is 11.8 Å². The van der Waals surface area contributed by atoms with E-state index in [1.165, 1.54) is 0 Å². The summed E-state index contributed by atoms with van der Waals surface area (Å²) < 4.78 is 6.30. The van der Waals surface area contributed by atoms with Crippen LogP contribution in [0.15, 0.2) is 36.0 Å². The van der Waals surface area contributed by atoms with Crippen LogP contribution in [0.1, 0.15) is 50.0 Å². The molecular formula is C20H27N3O3. The number of rotatable bonds is 4. The van der Waals surface area contributed by atoms with Gasteiger partial charge in [0.15, 0.2) is 0 Å². The number of piperidine rings is 1. The van der Waals surface area contributed by atoms with Crippen molar-refractivity contribution in [2.45, 2.75) is 51.2 Å². The summed E-state index contributed by atoms with van der Waals surface area (Å²) in [6.07, 6.45) is 7.15. The van der Waals surface area contributed by atoms with Gasteiger partial charge in [0.25, 0.3) is 5.91 Å². The van der Waals surface area contributed by atoms with Crippen molar-refractivity contribution < 1.29 is 14.3 Å². The zero-order valence-electron chi connectivity index (χ0n) is 15.5. The van der Waals surface area contributed by atoms with Crippen LogP contribution in [0.25, 0.3) is 0 Å². The van der Waals surface area contributed by atoms with Gasteiger partial charge in [-0.1, -0.05) is 12.1 Å². The van der Waals surface area contributed by atoms with E-state index in [1.54, 1.807) is 24.4 Å². The first-order valence-corrected chi connectivity index (χ1v) is 9.32. The number of allylic oxidation sites excluding steroid dienone is 1. The van der Waals surface area contributed by atoms with Crippen molar-refractivity contribution in [1.82, 2.24) is 15.2 Å². The summed E-state index contributed by atoms with van der Waals surface area (Å²) in [5.74, 6) is -0.0445. The van der Waals surface area contributed by atoms with E-state index in [2.05, 4.69) is 10.3 Å². The lowest BCUT2D eigenvalue weighted by molar-refractivity contribution is -0.133. The van der Waals surface area contributed by atoms with E-state index in [1.807, 2.05) is 24.8 Å². The molecule has 1 aromatic heterocycles. The minimum absolute atomic E-state index is 0.0298. The minimum Gasteiger partial charge on any atom is -0.370 e. The topological polar surface area (TPSA) is 71.5 Å². The number of aromatic nitrogens is 1. The number of nitrogens with one attached hydrogen (secondary N) is 1. The van der Waals surface area contributed by atoms with Gasteiger partial charge in [-0.2, -0.15) is 0 Å². The molecule has 26 heavy (non-hydrogen) atoms. The van der Waals surface area contributed by atoms with Crippen LogP contribution in [0.4, 0.5) is 0 Å². The van der Waals surface area contributed by atoms with E-state index in [0.29, 0.717) is 12.2 Å². The number of pyridine rings is 1. The normalized spacial score (nSPS) is 22.5. The molecule has 1 atom stereocenters. The number of ether oxygens (including phenoxy) is 1. The van der Waals surface area contributed by atoms with E-state index >= 15 is 0 Å². The van der Waals surface area contributed by atoms with Crippen LogP contribution in [0.5, 0.6) is 0 Å². The second-order valence-corrected chi connectivity index (χ2v) is 7.15. The molecule has 0 radical (unpaired) electrons. The van der Waals surface area contributed by atoms with Crippen molar-refractivity contribution in [1.29, 1.82) is 0 Å². The zero-order valence-corrected chi connectivity index (χ0v) is 15.5. The third-order valence-electron chi connectivity index (χ3n) is 5.46. The Hall–Kier alpha value is -2.21. The fourth-order valence-corrected chi connectivity index (χ4v) is 3.69. The lowest BCUT2D eigenvalue weighted by Crippen LogP contribution is -2.47. The van der Waals surface area contributed by atoms with Crippen molar-refractivity contribution in [2.24, 2.45) is 0 Å². The number of carbonyl (C=O) groups excluding carboxylic acids is 2. The monoisotopic (exact) mass is 357 g/mol. The first-order chi connectivity index (χ1) is 12.5. The molecule has 0 bridgehead atoms. The SMILES string of the molecule is C/C=C(\C)C(=O)N1CCC2(CCC(CNC(=O)c3ccccn3)O2)CC1. The minimum atomic E-state index is -0.169. The van der Waals surface area contributed by atoms with E-state index < -0.39 is 0 Å². The van der Waals surface area contributed by atoms with Gasteiger partial charge in [0.2, 0.25) is 5.91 Å². The summed E-state index contributed by atoms with van der Waals surface area (Å²) in [6, 6.07) is 5.29. The Morgan fingerprint density at radius 3 is 2.77 bits per heavy atom. The second kappa shape index (κ2) is 7.99. The lowest BCUT2D eigenvalue weighted by atomic mass is 9.88. The molecular weight excluding hydrogens is 330 g/mol. The predicted molar refractivity (Wildman–Crippen MR) is 98.7 cm³/mol. The van der Waals surface area contributed by atoms with Crippen LogP contribution in [0.2, 0.25) is 0 Å². The molecule has 2 aliphatic rings. The maximum absolute atomic E-state index is 12.3. The Bertz CT molecular complexity index is 679. The van der Waals surface area contributed by atoms with Crippen LogP contribution in [0, 0.1) is 0 Å². The standard InChI is InChI=1S/C20H27N3O3/c1-3-15(2)19(25)23-12-9-20(10-13-23)8-7-16(26-20)14-22-18(24)17-6-4-5-11-21-17/h3-6,11,16H,7-10,12-14H2,1-2H3,(H,22,24)/b15-3+. The fraction of sp³-hybridized carbons (Fsp3) is 0.550. The Balaban J connectivity index is 1.47. The van der Waals surface area contributed by atoms with Crippen LogP contribution >= 0.6 is 0 Å². The third-order valence-corrected chi connectivity index (χ3v) is 5.46. The molecule has 6 heteroatoms. The summed E-state index contributed by atoms with van der Waals surface area (Å²) in [5, 5.41) is 2.91. The first-order valence-electron chi connectivity index (χ1n) is 9.32. The summed E-state index contributed by atoms with van der Waals surface area (Å²) in [7, 11) is 0. The molecule has 2 fully saturated rings. The van der Waals surface area contributed by atoms with Gasteiger partial charge in [0, 0.05) is 31.4 Å². The van der Waals surface area contributed by atoms with Crippen LogP contribution in [-0.2, 0) is 9.53 Å². The molecule has 1 aromatic rings. The Morgan fingerprint density at radius 1 is 1.35 bits per heavy atom. The van der Waals surface area contributed by atoms with Gasteiger partial charge in [-0.25, -0.2) is 0 Å². The molecule has 0 aromatic carbocycles. The summed E-state index contributed by atoms with van der Waals surface area (Å²) in [6.45, 7) is 5.72. The smallest absolute Gasteiger partial charge is 0.269 e. The van der Waals surface area contributed by atoms with Gasteiger partial charge in [-0.15, -0.1) is 0 Å². The lowest BCUT2D eigenvalue weighted by Gasteiger charge is -2.39. The largest absolute Gasteiger partial charge is 0.370 e. The average Bonchev–Trinajstić information content (AvgIpc) is 3.08. The van der Waals surface area contributed by atoms with E-state index in [9.17, 15) is 9.59 Å². The molecule has 3 heterocycles. The highest BCUT2D eigenvalue weighted by Crippen LogP contribution is 2.38. The zero-order chi connectivity index (χ0) is 18.6. The number of carbonyl (C=O) groups is 2. The molecule has 1 N–H and O–H groups in total. The van der Waals surface area contributed by atoms with Crippen molar-refractivity contribution in [2.75, 3.05) is 19.6 Å². The van der Waals surface area contributed by atoms with Gasteiger partial charge in [0.05, 0.1) is 11.7 Å². The summed E-state index contributed by atoms with van der Waals surface area (Å²) in [4.78, 5) is 30.3. The molecule has 2 amide bonds. The van der Waals surface area contributed by atoms with Gasteiger partial charge in [0.1, 0.15) is 5.69 Å². The fourth-order valence-electron chi connectivity index (χ4n) is 3.69. The van der Waals surface area contributed by atoms with Crippen LogP contribution < -0.4 is 5.32 Å². The number of likely N-dealkylation sites (tertiary alicyclic amines) is 1. The molecule has 6 nitrogen and oxygen atoms in total. The first kappa shape index (κ1) is 18.6. The van der Waals surface area contributed by atoms with Crippen LogP contribution in [0.3, 0.4) is 0 Å². The second-order valence-electron chi connectivity index (χ2n) is 7.15. The van der Waals surface area contributed by atoms with E-state index in [4.69, 9.17) is 4.74 Å². The highest BCUT2D eigenvalue weighted by Gasteiger charge is 2.43. The highest BCUT2D eigenvalue weighted by molar-refractivity contribution is 5.93. The Labute approximate surface area is 154 Å². The number of amides is 2. The van der Waals surface area contributed by atoms with E-state index in [0.717, 1.165) is 44.3 Å². The van der Waals surface area contributed by atoms with Crippen LogP contribution in [-0.4, -0.2) is 53.0 Å². The molecule has 1 unspecified atom stereocenters. The molecule has 140 valence electrons. The molecule has 0 aliphatic carbocycles. The highest BCUT2D eigenvalue weighted by atomic mass is 16.5. The van der Waals surface area contributed by atoms with Crippen molar-refractivity contribution in [3.05, 3.63) is 41.7 Å². The van der Waals surface area contributed by atoms with Crippen molar-refractivity contribution in [3.8, 4) is 0 Å². The summed E-state index contributed by atoms with van der Waals surface area (Å²) >= 11 is 0. The molecule has 3 rings (SSSR count). The number of nitrogens with zero attached hydrogens (tertiary/aromatic N) is 2. The maximum atomic E-state index is 12.3. The number of hydrogen-bond donors (Lipinski definition) is 1. The quantitative estimate of drug-likeness (QED) is 0.840. The van der Waals surface area contributed by atoms with Gasteiger partial charge in [-0.3, -0.25) is 14.6 Å². The van der Waals surface area contributed by atoms with Gasteiger partial charge in [-0.05, 0) is 51.7 Å². The maximum Gasteiger partial charge on any atom is 0.269 e. The predicted octanol–water partition coefficient (Wildman–Crippen LogP) is 2.32. The molecule has 2 aliphatic heterocycles.